The van der Waals surface area contributed by atoms with Crippen molar-refractivity contribution in [1.82, 2.24) is 0 Å². The number of benzene rings is 2. The number of unbranched alkanes of at least 4 members (excludes halogenated alkanes) is 7. The molecule has 204 valence electrons. The summed E-state index contributed by atoms with van der Waals surface area (Å²) >= 11 is 0. The van der Waals surface area contributed by atoms with Gasteiger partial charge in [0.05, 0.1) is 42.5 Å². The van der Waals surface area contributed by atoms with Gasteiger partial charge in [0.15, 0.2) is 0 Å². The highest BCUT2D eigenvalue weighted by Crippen LogP contribution is 2.24. The lowest BCUT2D eigenvalue weighted by Gasteiger charge is -2.35. The molecule has 0 aliphatic heterocycles. The molecule has 0 saturated heterocycles. The lowest BCUT2D eigenvalue weighted by molar-refractivity contribution is -0.923. The highest BCUT2D eigenvalue weighted by molar-refractivity contribution is 5.53. The van der Waals surface area contributed by atoms with Gasteiger partial charge in [-0.1, -0.05) is 32.1 Å². The van der Waals surface area contributed by atoms with E-state index in [0.717, 1.165) is 18.8 Å². The highest BCUT2D eigenvalue weighted by Gasteiger charge is 2.19. The van der Waals surface area contributed by atoms with Crippen molar-refractivity contribution in [3.63, 3.8) is 0 Å². The molecule has 0 aliphatic carbocycles. The lowest BCUT2D eigenvalue weighted by atomic mass is 10.1. The second-order valence-electron chi connectivity index (χ2n) is 9.91. The van der Waals surface area contributed by atoms with E-state index in [1.54, 1.807) is 12.1 Å². The molecule has 2 aromatic carbocycles. The summed E-state index contributed by atoms with van der Waals surface area (Å²) in [6.07, 6.45) is 10.7. The van der Waals surface area contributed by atoms with E-state index in [1.165, 1.54) is 99.8 Å². The van der Waals surface area contributed by atoms with Crippen LogP contribution >= 0.6 is 0 Å². The van der Waals surface area contributed by atoms with Crippen LogP contribution in [0.15, 0.2) is 58.8 Å². The van der Waals surface area contributed by atoms with E-state index in [-0.39, 0.29) is 5.69 Å². The summed E-state index contributed by atoms with van der Waals surface area (Å²) in [4.78, 5) is 12.8. The molecule has 0 amide bonds. The number of nitro groups is 1. The quantitative estimate of drug-likeness (QED) is 0.0623. The lowest BCUT2D eigenvalue weighted by Crippen LogP contribution is -2.48. The topological polar surface area (TPSA) is 71.1 Å². The fraction of sp³-hybridized carbons (Fsp3) is 0.600. The summed E-state index contributed by atoms with van der Waals surface area (Å²) in [5.41, 5.74) is 2.62. The Morgan fingerprint density at radius 2 is 1.16 bits per heavy atom. The van der Waals surface area contributed by atoms with Crippen LogP contribution in [0.1, 0.15) is 79.1 Å². The number of nitrogens with zero attached hydrogens (tertiary/aromatic N) is 5. The molecule has 2 aromatic rings. The van der Waals surface area contributed by atoms with Gasteiger partial charge in [-0.05, 0) is 83.4 Å². The Bertz CT molecular complexity index is 916. The van der Waals surface area contributed by atoms with Gasteiger partial charge in [0.1, 0.15) is 0 Å². The van der Waals surface area contributed by atoms with Crippen LogP contribution in [0.4, 0.5) is 22.7 Å². The molecule has 7 nitrogen and oxygen atoms in total. The smallest absolute Gasteiger partial charge is 0.269 e. The summed E-state index contributed by atoms with van der Waals surface area (Å²) in [5.74, 6) is 0. The standard InChI is InChI=1S/C30H48N5O2/c1-5-33(25-15-13-11-9-10-12-14-16-26-35(6-2,7-3)8-4)29-21-17-27(18-22-29)31-32-28-19-23-30(24-20-28)34(36)37/h17-24H,5-16,25-26H2,1-4H3/q+1. The first kappa shape index (κ1) is 30.4. The molecule has 2 rings (SSSR count). The zero-order valence-corrected chi connectivity index (χ0v) is 23.6. The Kier molecular flexibility index (Phi) is 13.9. The van der Waals surface area contributed by atoms with Crippen molar-refractivity contribution in [3.05, 3.63) is 58.6 Å². The van der Waals surface area contributed by atoms with E-state index in [0.29, 0.717) is 5.69 Å². The van der Waals surface area contributed by atoms with E-state index < -0.39 is 4.92 Å². The first-order valence-electron chi connectivity index (χ1n) is 14.3. The van der Waals surface area contributed by atoms with Gasteiger partial charge in [0.25, 0.3) is 5.69 Å². The van der Waals surface area contributed by atoms with Crippen molar-refractivity contribution in [2.75, 3.05) is 44.2 Å². The van der Waals surface area contributed by atoms with Crippen LogP contribution in [0.25, 0.3) is 0 Å². The largest absolute Gasteiger partial charge is 0.372 e. The average molecular weight is 511 g/mol. The summed E-state index contributed by atoms with van der Waals surface area (Å²) in [6, 6.07) is 14.2. The molecule has 0 heterocycles. The molecule has 0 N–H and O–H groups in total. The Morgan fingerprint density at radius 3 is 1.62 bits per heavy atom. The van der Waals surface area contributed by atoms with Crippen LogP contribution in [0, 0.1) is 10.1 Å². The average Bonchev–Trinajstić information content (AvgIpc) is 2.94. The SMILES string of the molecule is CCN(CCCCCCCCCC[N+](CC)(CC)CC)c1ccc(N=Nc2ccc([N+](=O)[O-])cc2)cc1. The summed E-state index contributed by atoms with van der Waals surface area (Å²) in [7, 11) is 0. The Balaban J connectivity index is 1.64. The van der Waals surface area contributed by atoms with Crippen molar-refractivity contribution in [2.24, 2.45) is 10.2 Å². The fourth-order valence-corrected chi connectivity index (χ4v) is 4.91. The van der Waals surface area contributed by atoms with Gasteiger partial charge in [-0.25, -0.2) is 0 Å². The number of hydrogen-bond donors (Lipinski definition) is 0. The first-order valence-corrected chi connectivity index (χ1v) is 14.3. The molecule has 37 heavy (non-hydrogen) atoms. The number of hydrogen-bond acceptors (Lipinski definition) is 5. The number of quaternary nitrogens is 1. The third-order valence-corrected chi connectivity index (χ3v) is 7.76. The van der Waals surface area contributed by atoms with Gasteiger partial charge in [-0.2, -0.15) is 10.2 Å². The molecular weight excluding hydrogens is 462 g/mol. The number of nitro benzene ring substituents is 1. The van der Waals surface area contributed by atoms with Crippen LogP contribution < -0.4 is 4.90 Å². The van der Waals surface area contributed by atoms with Gasteiger partial charge < -0.3 is 9.38 Å². The zero-order chi connectivity index (χ0) is 26.9. The van der Waals surface area contributed by atoms with E-state index in [1.807, 2.05) is 12.1 Å². The minimum absolute atomic E-state index is 0.0511. The Morgan fingerprint density at radius 1 is 0.703 bits per heavy atom. The molecule has 0 aromatic heterocycles. The number of rotatable bonds is 19. The van der Waals surface area contributed by atoms with Crippen molar-refractivity contribution in [1.29, 1.82) is 0 Å². The second-order valence-corrected chi connectivity index (χ2v) is 9.91. The molecule has 0 aliphatic rings. The molecule has 0 atom stereocenters. The van der Waals surface area contributed by atoms with E-state index in [2.05, 4.69) is 55.0 Å². The second kappa shape index (κ2) is 16.8. The van der Waals surface area contributed by atoms with E-state index >= 15 is 0 Å². The normalized spacial score (nSPS) is 11.8. The van der Waals surface area contributed by atoms with Crippen LogP contribution in [-0.4, -0.2) is 48.7 Å². The molecule has 0 fully saturated rings. The highest BCUT2D eigenvalue weighted by atomic mass is 16.6. The molecule has 0 bridgehead atoms. The maximum Gasteiger partial charge on any atom is 0.269 e. The minimum atomic E-state index is -0.419. The molecule has 7 heteroatoms. The molecule has 0 radical (unpaired) electrons. The number of anilines is 1. The van der Waals surface area contributed by atoms with Crippen LogP contribution in [0.2, 0.25) is 0 Å². The van der Waals surface area contributed by atoms with Crippen LogP contribution in [0.3, 0.4) is 0 Å². The number of azo groups is 1. The van der Waals surface area contributed by atoms with Crippen LogP contribution in [-0.2, 0) is 0 Å². The van der Waals surface area contributed by atoms with Crippen molar-refractivity contribution in [3.8, 4) is 0 Å². The first-order chi connectivity index (χ1) is 18.0. The maximum atomic E-state index is 10.8. The van der Waals surface area contributed by atoms with E-state index in [9.17, 15) is 10.1 Å². The molecule has 0 saturated carbocycles. The maximum absolute atomic E-state index is 10.8. The fourth-order valence-electron chi connectivity index (χ4n) is 4.91. The molecule has 0 unspecified atom stereocenters. The van der Waals surface area contributed by atoms with E-state index in [4.69, 9.17) is 0 Å². The van der Waals surface area contributed by atoms with Crippen molar-refractivity contribution < 1.29 is 9.41 Å². The summed E-state index contributed by atoms with van der Waals surface area (Å²) in [6.45, 7) is 16.4. The third-order valence-electron chi connectivity index (χ3n) is 7.76. The monoisotopic (exact) mass is 510 g/mol. The third kappa shape index (κ3) is 10.6. The predicted octanol–water partition coefficient (Wildman–Crippen LogP) is 8.83. The van der Waals surface area contributed by atoms with Gasteiger partial charge in [0.2, 0.25) is 0 Å². The minimum Gasteiger partial charge on any atom is -0.372 e. The summed E-state index contributed by atoms with van der Waals surface area (Å²) < 4.78 is 1.28. The predicted molar refractivity (Wildman–Crippen MR) is 155 cm³/mol. The molecule has 0 spiro atoms. The van der Waals surface area contributed by atoms with Crippen LogP contribution in [0.5, 0.6) is 0 Å². The number of non-ortho nitro benzene ring substituents is 1. The van der Waals surface area contributed by atoms with Gasteiger partial charge >= 0.3 is 0 Å². The van der Waals surface area contributed by atoms with Gasteiger partial charge in [-0.3, -0.25) is 10.1 Å². The van der Waals surface area contributed by atoms with Crippen molar-refractivity contribution >= 4 is 22.7 Å². The Hall–Kier alpha value is -2.80. The Labute approximate surface area is 224 Å². The van der Waals surface area contributed by atoms with Gasteiger partial charge in [-0.15, -0.1) is 0 Å². The molecular formula is C30H48N5O2+. The summed E-state index contributed by atoms with van der Waals surface area (Å²) in [5, 5.41) is 19.2. The zero-order valence-electron chi connectivity index (χ0n) is 23.6. The van der Waals surface area contributed by atoms with Gasteiger partial charge in [0, 0.05) is 30.9 Å². The van der Waals surface area contributed by atoms with Crippen molar-refractivity contribution in [2.45, 2.75) is 79.1 Å².